The molecule has 5 rings (SSSR count). The minimum Gasteiger partial charge on any atom is -0.457 e. The van der Waals surface area contributed by atoms with Crippen LogP contribution < -0.4 is 19.8 Å². The first-order chi connectivity index (χ1) is 23.6. The van der Waals surface area contributed by atoms with Crippen molar-refractivity contribution in [1.29, 1.82) is 0 Å². The van der Waals surface area contributed by atoms with Crippen molar-refractivity contribution in [2.45, 2.75) is 122 Å². The highest BCUT2D eigenvalue weighted by molar-refractivity contribution is 6.99. The fourth-order valence-corrected chi connectivity index (χ4v) is 13.8. The van der Waals surface area contributed by atoms with E-state index in [2.05, 4.69) is 137 Å². The number of benzene rings is 3. The molecule has 0 radical (unpaired) electrons. The fourth-order valence-electron chi connectivity index (χ4n) is 6.65. The Morgan fingerprint density at radius 1 is 0.706 bits per heavy atom. The molecule has 2 heterocycles. The third-order valence-corrected chi connectivity index (χ3v) is 25.6. The Morgan fingerprint density at radius 2 is 1.24 bits per heavy atom. The molecular weight excluding hydrogens is 689 g/mol. The first-order valence-corrected chi connectivity index (χ1v) is 26.0. The van der Waals surface area contributed by atoms with Crippen LogP contribution >= 0.6 is 0 Å². The molecule has 0 saturated carbocycles. The van der Waals surface area contributed by atoms with Gasteiger partial charge in [-0.2, -0.15) is 0 Å². The van der Waals surface area contributed by atoms with Gasteiger partial charge in [0.15, 0.2) is 28.1 Å². The first kappa shape index (κ1) is 39.5. The number of hydrogen-bond donors (Lipinski definition) is 0. The van der Waals surface area contributed by atoms with E-state index in [-0.39, 0.29) is 34.5 Å². The van der Waals surface area contributed by atoms with Gasteiger partial charge in [0.05, 0.1) is 12.7 Å². The summed E-state index contributed by atoms with van der Waals surface area (Å²) in [5, 5.41) is 1.89. The molecule has 2 aliphatic rings. The number of rotatable bonds is 11. The molecule has 10 heteroatoms. The van der Waals surface area contributed by atoms with Crippen molar-refractivity contribution in [3.8, 4) is 11.5 Å². The summed E-state index contributed by atoms with van der Waals surface area (Å²) in [5.41, 5.74) is 0.850. The van der Waals surface area contributed by atoms with Gasteiger partial charge in [-0.25, -0.2) is 0 Å². The second-order valence-electron chi connectivity index (χ2n) is 18.2. The summed E-state index contributed by atoms with van der Waals surface area (Å²) < 4.78 is 39.9. The van der Waals surface area contributed by atoms with Crippen LogP contribution in [0.25, 0.3) is 0 Å². The topological polar surface area (TPSA) is 72.5 Å². The Hall–Kier alpha value is -2.74. The number of cyclic esters (lactones) is 1. The molecular formula is C41H60O7Si3. The number of esters is 1. The van der Waals surface area contributed by atoms with Crippen LogP contribution in [0.1, 0.15) is 74.0 Å². The van der Waals surface area contributed by atoms with Gasteiger partial charge in [-0.3, -0.25) is 4.79 Å². The van der Waals surface area contributed by atoms with Crippen LogP contribution in [0, 0.1) is 5.92 Å². The van der Waals surface area contributed by atoms with Crippen LogP contribution in [0.2, 0.25) is 41.3 Å². The lowest BCUT2D eigenvalue weighted by Gasteiger charge is -2.45. The standard InChI is InChI=1S/C41H60O7Si3/c1-39(2,3)49(10,11)47-36(29-24-25-32-33(26-29)44-28-43-32)35-37(48-50(12,13)40(4,5)6)34(46-38(35)42)27-45-51(41(7,8)9,30-20-16-14-17-21-30)31-22-18-15-19-23-31/h14-26,34-37H,27-28H2,1-13H3/t34-,35+,36+,37-/m0/s1. The average Bonchev–Trinajstić information content (AvgIpc) is 3.62. The minimum absolute atomic E-state index is 0.105. The molecule has 0 aromatic heterocycles. The normalized spacial score (nSPS) is 20.7. The lowest BCUT2D eigenvalue weighted by molar-refractivity contribution is -0.147. The van der Waals surface area contributed by atoms with Gasteiger partial charge in [-0.1, -0.05) is 129 Å². The van der Waals surface area contributed by atoms with Gasteiger partial charge in [0, 0.05) is 0 Å². The van der Waals surface area contributed by atoms with Gasteiger partial charge in [-0.05, 0) is 69.4 Å². The van der Waals surface area contributed by atoms with Gasteiger partial charge >= 0.3 is 5.97 Å². The smallest absolute Gasteiger partial charge is 0.315 e. The Labute approximate surface area is 309 Å². The van der Waals surface area contributed by atoms with Crippen molar-refractivity contribution in [1.82, 2.24) is 0 Å². The maximum absolute atomic E-state index is 14.5. The van der Waals surface area contributed by atoms with Crippen molar-refractivity contribution in [2.24, 2.45) is 5.92 Å². The number of hydrogen-bond acceptors (Lipinski definition) is 7. The Kier molecular flexibility index (Phi) is 11.0. The monoisotopic (exact) mass is 748 g/mol. The van der Waals surface area contributed by atoms with E-state index in [1.165, 1.54) is 10.4 Å². The molecule has 1 fully saturated rings. The van der Waals surface area contributed by atoms with Crippen molar-refractivity contribution in [3.63, 3.8) is 0 Å². The van der Waals surface area contributed by atoms with Crippen LogP contribution in [-0.4, -0.2) is 56.5 Å². The zero-order valence-electron chi connectivity index (χ0n) is 33.1. The van der Waals surface area contributed by atoms with Crippen LogP contribution in [-0.2, 0) is 22.8 Å². The van der Waals surface area contributed by atoms with Gasteiger partial charge in [-0.15, -0.1) is 0 Å². The van der Waals surface area contributed by atoms with Gasteiger partial charge in [0.1, 0.15) is 18.1 Å². The van der Waals surface area contributed by atoms with Gasteiger partial charge in [0.2, 0.25) is 6.79 Å². The molecule has 0 N–H and O–H groups in total. The summed E-state index contributed by atoms with van der Waals surface area (Å²) >= 11 is 0. The lowest BCUT2D eigenvalue weighted by Crippen LogP contribution is -2.67. The maximum atomic E-state index is 14.5. The Balaban J connectivity index is 1.63. The zero-order chi connectivity index (χ0) is 37.6. The van der Waals surface area contributed by atoms with Crippen molar-refractivity contribution < 1.29 is 32.3 Å². The third-order valence-electron chi connectivity index (χ3n) is 11.7. The minimum atomic E-state index is -2.94. The molecule has 51 heavy (non-hydrogen) atoms. The van der Waals surface area contributed by atoms with Crippen LogP contribution in [0.3, 0.4) is 0 Å². The highest BCUT2D eigenvalue weighted by atomic mass is 28.4. The van der Waals surface area contributed by atoms with E-state index in [0.717, 1.165) is 5.56 Å². The predicted molar refractivity (Wildman–Crippen MR) is 213 cm³/mol. The zero-order valence-corrected chi connectivity index (χ0v) is 36.1. The van der Waals surface area contributed by atoms with Crippen LogP contribution in [0.15, 0.2) is 78.9 Å². The molecule has 278 valence electrons. The van der Waals surface area contributed by atoms with Gasteiger partial charge in [0.25, 0.3) is 8.32 Å². The second-order valence-corrected chi connectivity index (χ2v) is 32.0. The summed E-state index contributed by atoms with van der Waals surface area (Å²) in [5.74, 6) is 0.290. The summed E-state index contributed by atoms with van der Waals surface area (Å²) in [6.45, 7) is 29.4. The molecule has 0 amide bonds. The van der Waals surface area contributed by atoms with E-state index in [1.54, 1.807) is 0 Å². The van der Waals surface area contributed by atoms with Crippen molar-refractivity contribution >= 4 is 41.3 Å². The number of carbonyl (C=O) groups excluding carboxylic acids is 1. The summed E-state index contributed by atoms with van der Waals surface area (Å²) in [7, 11) is -7.82. The van der Waals surface area contributed by atoms with E-state index >= 15 is 0 Å². The molecule has 7 nitrogen and oxygen atoms in total. The summed E-state index contributed by atoms with van der Waals surface area (Å²) in [6.07, 6.45) is -1.87. The summed E-state index contributed by atoms with van der Waals surface area (Å²) in [6, 6.07) is 27.0. The number of carbonyl (C=O) groups is 1. The van der Waals surface area contributed by atoms with Crippen LogP contribution in [0.4, 0.5) is 0 Å². The number of ether oxygens (including phenoxy) is 3. The third kappa shape index (κ3) is 7.82. The van der Waals surface area contributed by atoms with Gasteiger partial charge < -0.3 is 27.5 Å². The lowest BCUT2D eigenvalue weighted by atomic mass is 9.90. The maximum Gasteiger partial charge on any atom is 0.315 e. The quantitative estimate of drug-likeness (QED) is 0.143. The second kappa shape index (κ2) is 14.2. The molecule has 3 aromatic carbocycles. The van der Waals surface area contributed by atoms with E-state index in [0.29, 0.717) is 11.5 Å². The number of fused-ring (bicyclic) bond motifs is 1. The molecule has 4 atom stereocenters. The van der Waals surface area contributed by atoms with Crippen LogP contribution in [0.5, 0.6) is 11.5 Å². The van der Waals surface area contributed by atoms with E-state index in [4.69, 9.17) is 27.5 Å². The van der Waals surface area contributed by atoms with E-state index < -0.39 is 49.2 Å². The van der Waals surface area contributed by atoms with E-state index in [9.17, 15) is 4.79 Å². The highest BCUT2D eigenvalue weighted by Crippen LogP contribution is 2.49. The molecule has 0 aliphatic carbocycles. The van der Waals surface area contributed by atoms with E-state index in [1.807, 2.05) is 30.3 Å². The Morgan fingerprint density at radius 3 is 1.75 bits per heavy atom. The summed E-state index contributed by atoms with van der Waals surface area (Å²) in [4.78, 5) is 14.5. The Bertz CT molecular complexity index is 1620. The van der Waals surface area contributed by atoms with Crippen molar-refractivity contribution in [3.05, 3.63) is 84.4 Å². The molecule has 2 aliphatic heterocycles. The average molecular weight is 749 g/mol. The molecule has 0 unspecified atom stereocenters. The SMILES string of the molecule is CC(C)(C)[Si](C)(C)O[C@@H]1[C@@H]([C@H](O[Si](C)(C)C(C)(C)C)c2ccc3c(c2)OCO3)C(=O)O[C@H]1CO[Si](c1ccccc1)(c1ccccc1)C(C)(C)C. The fraction of sp³-hybridized carbons (Fsp3) is 0.537. The molecule has 0 spiro atoms. The molecule has 1 saturated heterocycles. The predicted octanol–water partition coefficient (Wildman–Crippen LogP) is 8.99. The largest absolute Gasteiger partial charge is 0.457 e. The van der Waals surface area contributed by atoms with Crippen molar-refractivity contribution in [2.75, 3.05) is 13.4 Å². The molecule has 3 aromatic rings. The highest BCUT2D eigenvalue weighted by Gasteiger charge is 2.57. The first-order valence-electron chi connectivity index (χ1n) is 18.3. The molecule has 0 bridgehead atoms.